The topological polar surface area (TPSA) is 59.6 Å². The van der Waals surface area contributed by atoms with Gasteiger partial charge in [0.25, 0.3) is 0 Å². The predicted octanol–water partition coefficient (Wildman–Crippen LogP) is 3.48. The summed E-state index contributed by atoms with van der Waals surface area (Å²) in [7, 11) is 0. The molecule has 1 aromatic rings. The van der Waals surface area contributed by atoms with E-state index in [-0.39, 0.29) is 10.7 Å². The second kappa shape index (κ2) is 5.76. The zero-order valence-corrected chi connectivity index (χ0v) is 13.5. The van der Waals surface area contributed by atoms with Crippen LogP contribution in [0.4, 0.5) is 0 Å². The van der Waals surface area contributed by atoms with Crippen LogP contribution in [0.25, 0.3) is 0 Å². The number of hydrogen-bond donors (Lipinski definition) is 2. The molecule has 1 atom stereocenters. The lowest BCUT2D eigenvalue weighted by Crippen LogP contribution is -2.39. The summed E-state index contributed by atoms with van der Waals surface area (Å²) in [6.45, 7) is 4.08. The van der Waals surface area contributed by atoms with E-state index in [2.05, 4.69) is 17.5 Å². The van der Waals surface area contributed by atoms with Crippen molar-refractivity contribution in [2.24, 2.45) is 10.8 Å². The largest absolute Gasteiger partial charge is 0.486 e. The summed E-state index contributed by atoms with van der Waals surface area (Å²) in [4.78, 5) is 0. The maximum Gasteiger partial charge on any atom is 0.184 e. The summed E-state index contributed by atoms with van der Waals surface area (Å²) in [6.07, 6.45) is 1.46. The van der Waals surface area contributed by atoms with E-state index in [1.165, 1.54) is 0 Å². The fraction of sp³-hybridized carbons (Fsp3) is 0.385. The number of hydrazone groups is 1. The molecule has 1 aliphatic rings. The molecule has 0 saturated carbocycles. The van der Waals surface area contributed by atoms with Crippen LogP contribution in [0.2, 0.25) is 10.0 Å². The Hall–Kier alpha value is -1.04. The van der Waals surface area contributed by atoms with Gasteiger partial charge in [-0.25, -0.2) is 0 Å². The number of nitrogens with one attached hydrogen (secondary N) is 1. The minimum atomic E-state index is -0.346. The van der Waals surface area contributed by atoms with Crippen LogP contribution in [0.3, 0.4) is 0 Å². The van der Waals surface area contributed by atoms with Crippen molar-refractivity contribution >= 4 is 46.2 Å². The van der Waals surface area contributed by atoms with E-state index in [1.807, 2.05) is 6.92 Å². The third-order valence-electron chi connectivity index (χ3n) is 3.28. The molecule has 1 aromatic carbocycles. The van der Waals surface area contributed by atoms with Crippen molar-refractivity contribution in [2.75, 3.05) is 0 Å². The number of nitrogens with zero attached hydrogens (tertiary/aromatic N) is 1. The number of ether oxygens (including phenoxy) is 1. The zero-order chi connectivity index (χ0) is 14.9. The highest BCUT2D eigenvalue weighted by Gasteiger charge is 2.34. The number of halogens is 2. The summed E-state index contributed by atoms with van der Waals surface area (Å²) >= 11 is 16.9. The maximum absolute atomic E-state index is 6.07. The van der Waals surface area contributed by atoms with Crippen molar-refractivity contribution in [1.29, 1.82) is 0 Å². The molecular weight excluding hydrogens is 317 g/mol. The molecule has 0 aliphatic carbocycles. The van der Waals surface area contributed by atoms with Crippen LogP contribution in [0, 0.1) is 0 Å². The Morgan fingerprint density at radius 3 is 2.75 bits per heavy atom. The van der Waals surface area contributed by atoms with Crippen molar-refractivity contribution in [1.82, 2.24) is 5.43 Å². The van der Waals surface area contributed by atoms with Crippen molar-refractivity contribution in [3.05, 3.63) is 27.7 Å². The van der Waals surface area contributed by atoms with Gasteiger partial charge < -0.3 is 10.5 Å². The van der Waals surface area contributed by atoms with Crippen molar-refractivity contribution in [3.8, 4) is 5.75 Å². The maximum atomic E-state index is 6.07. The van der Waals surface area contributed by atoms with Gasteiger partial charge >= 0.3 is 0 Å². The lowest BCUT2D eigenvalue weighted by Gasteiger charge is -2.35. The molecule has 0 fully saturated rings. The highest BCUT2D eigenvalue weighted by molar-refractivity contribution is 7.80. The summed E-state index contributed by atoms with van der Waals surface area (Å²) in [5, 5.41) is 5.28. The van der Waals surface area contributed by atoms with Gasteiger partial charge in [0.1, 0.15) is 11.4 Å². The number of nitrogens with two attached hydrogens (primary N) is 1. The van der Waals surface area contributed by atoms with Gasteiger partial charge in [0.2, 0.25) is 0 Å². The van der Waals surface area contributed by atoms with E-state index in [0.29, 0.717) is 22.2 Å². The third kappa shape index (κ3) is 3.16. The molecule has 1 aliphatic heterocycles. The number of hydrogen-bond acceptors (Lipinski definition) is 3. The van der Waals surface area contributed by atoms with Crippen LogP contribution in [0.1, 0.15) is 32.3 Å². The average Bonchev–Trinajstić information content (AvgIpc) is 2.38. The molecule has 0 radical (unpaired) electrons. The first-order chi connectivity index (χ1) is 9.34. The minimum absolute atomic E-state index is 0.115. The van der Waals surface area contributed by atoms with E-state index in [4.69, 9.17) is 45.9 Å². The highest BCUT2D eigenvalue weighted by atomic mass is 35.5. The Balaban J connectivity index is 2.50. The Morgan fingerprint density at radius 1 is 1.50 bits per heavy atom. The Bertz CT molecular complexity index is 591. The fourth-order valence-corrected chi connectivity index (χ4v) is 2.37. The molecule has 4 nitrogen and oxygen atoms in total. The van der Waals surface area contributed by atoms with Crippen LogP contribution < -0.4 is 15.9 Å². The van der Waals surface area contributed by atoms with Crippen molar-refractivity contribution in [3.63, 3.8) is 0 Å². The SMILES string of the molecule is CCC1(C)C/C(=N\NC(N)=S)c2cc(Cl)c(Cl)cc2O1. The first-order valence-corrected chi connectivity index (χ1v) is 7.31. The Labute approximate surface area is 133 Å². The van der Waals surface area contributed by atoms with E-state index in [1.54, 1.807) is 12.1 Å². The molecule has 1 heterocycles. The van der Waals surface area contributed by atoms with Crippen LogP contribution in [0.15, 0.2) is 17.2 Å². The standard InChI is InChI=1S/C13H15Cl2N3OS/c1-3-13(2)6-10(17-18-12(16)20)7-4-8(14)9(15)5-11(7)19-13/h4-5H,3,6H2,1-2H3,(H3,16,18,20)/b17-10+. The van der Waals surface area contributed by atoms with Gasteiger partial charge in [-0.2, -0.15) is 5.10 Å². The Morgan fingerprint density at radius 2 is 2.15 bits per heavy atom. The van der Waals surface area contributed by atoms with Gasteiger partial charge in [-0.15, -0.1) is 0 Å². The first kappa shape index (κ1) is 15.4. The molecule has 3 N–H and O–H groups in total. The van der Waals surface area contributed by atoms with E-state index >= 15 is 0 Å². The molecular formula is C13H15Cl2N3OS. The van der Waals surface area contributed by atoms with Gasteiger partial charge in [-0.1, -0.05) is 30.1 Å². The highest BCUT2D eigenvalue weighted by Crippen LogP contribution is 2.39. The molecule has 7 heteroatoms. The van der Waals surface area contributed by atoms with Gasteiger partial charge in [-0.05, 0) is 31.6 Å². The monoisotopic (exact) mass is 331 g/mol. The second-order valence-corrected chi connectivity index (χ2v) is 6.13. The van der Waals surface area contributed by atoms with Crippen molar-refractivity contribution in [2.45, 2.75) is 32.3 Å². The molecule has 108 valence electrons. The summed E-state index contributed by atoms with van der Waals surface area (Å²) < 4.78 is 6.03. The molecule has 1 unspecified atom stereocenters. The van der Waals surface area contributed by atoms with Crippen LogP contribution in [-0.2, 0) is 0 Å². The Kier molecular flexibility index (Phi) is 4.42. The van der Waals surface area contributed by atoms with E-state index in [0.717, 1.165) is 17.7 Å². The number of thiocarbonyl (C=S) groups is 1. The number of fused-ring (bicyclic) bond motifs is 1. The minimum Gasteiger partial charge on any atom is -0.486 e. The summed E-state index contributed by atoms with van der Waals surface area (Å²) in [5.74, 6) is 0.665. The zero-order valence-electron chi connectivity index (χ0n) is 11.2. The number of benzene rings is 1. The first-order valence-electron chi connectivity index (χ1n) is 6.15. The third-order valence-corrected chi connectivity index (χ3v) is 4.09. The lowest BCUT2D eigenvalue weighted by molar-refractivity contribution is 0.0862. The van der Waals surface area contributed by atoms with E-state index in [9.17, 15) is 0 Å². The van der Waals surface area contributed by atoms with Crippen molar-refractivity contribution < 1.29 is 4.74 Å². The van der Waals surface area contributed by atoms with Gasteiger partial charge in [0, 0.05) is 18.1 Å². The average molecular weight is 332 g/mol. The molecule has 0 amide bonds. The fourth-order valence-electron chi connectivity index (χ4n) is 2.01. The van der Waals surface area contributed by atoms with Gasteiger partial charge in [0.05, 0.1) is 15.8 Å². The van der Waals surface area contributed by atoms with Crippen LogP contribution >= 0.6 is 35.4 Å². The second-order valence-electron chi connectivity index (χ2n) is 4.88. The summed E-state index contributed by atoms with van der Waals surface area (Å²) in [6, 6.07) is 3.46. The molecule has 0 bridgehead atoms. The quantitative estimate of drug-likeness (QED) is 0.643. The number of rotatable bonds is 2. The smallest absolute Gasteiger partial charge is 0.184 e. The molecule has 2 rings (SSSR count). The van der Waals surface area contributed by atoms with Gasteiger partial charge in [-0.3, -0.25) is 5.43 Å². The van der Waals surface area contributed by atoms with Gasteiger partial charge in [0.15, 0.2) is 5.11 Å². The predicted molar refractivity (Wildman–Crippen MR) is 86.9 cm³/mol. The summed E-state index contributed by atoms with van der Waals surface area (Å²) in [5.41, 5.74) is 9.28. The van der Waals surface area contributed by atoms with E-state index < -0.39 is 0 Å². The molecule has 20 heavy (non-hydrogen) atoms. The molecule has 0 saturated heterocycles. The lowest BCUT2D eigenvalue weighted by atomic mass is 9.89. The normalized spacial score (nSPS) is 23.1. The molecule has 0 aromatic heterocycles. The van der Waals surface area contributed by atoms with Crippen LogP contribution in [0.5, 0.6) is 5.75 Å². The van der Waals surface area contributed by atoms with Crippen LogP contribution in [-0.4, -0.2) is 16.4 Å². The molecule has 0 spiro atoms.